The molecular formula is C20H20ClFN6. The van der Waals surface area contributed by atoms with Crippen molar-refractivity contribution in [3.8, 4) is 0 Å². The molecule has 0 spiro atoms. The van der Waals surface area contributed by atoms with Gasteiger partial charge in [-0.3, -0.25) is 4.98 Å². The molecular weight excluding hydrogens is 379 g/mol. The van der Waals surface area contributed by atoms with Crippen molar-refractivity contribution in [2.75, 3.05) is 18.0 Å². The van der Waals surface area contributed by atoms with Gasteiger partial charge in [0.2, 0.25) is 11.6 Å². The van der Waals surface area contributed by atoms with E-state index in [4.69, 9.17) is 28.9 Å². The highest BCUT2D eigenvalue weighted by atomic mass is 35.5. The number of aryl methyl sites for hydroxylation is 1. The summed E-state index contributed by atoms with van der Waals surface area (Å²) in [6.45, 7) is 10.5. The highest BCUT2D eigenvalue weighted by Gasteiger charge is 2.29. The lowest BCUT2D eigenvalue weighted by Crippen LogP contribution is -2.50. The summed E-state index contributed by atoms with van der Waals surface area (Å²) < 4.78 is 15.9. The number of pyridine rings is 1. The summed E-state index contributed by atoms with van der Waals surface area (Å²) in [7, 11) is 0. The van der Waals surface area contributed by atoms with E-state index in [1.807, 2.05) is 30.0 Å². The van der Waals surface area contributed by atoms with E-state index >= 15 is 0 Å². The molecule has 3 heterocycles. The van der Waals surface area contributed by atoms with Crippen molar-refractivity contribution in [2.45, 2.75) is 32.1 Å². The fourth-order valence-corrected chi connectivity index (χ4v) is 3.67. The smallest absolute Gasteiger partial charge is 0.206 e. The minimum absolute atomic E-state index is 0.377. The Bertz CT molecular complexity index is 1060. The van der Waals surface area contributed by atoms with Crippen LogP contribution in [-0.2, 0) is 6.54 Å². The molecule has 1 aliphatic rings. The van der Waals surface area contributed by atoms with Crippen molar-refractivity contribution in [1.29, 1.82) is 0 Å². The van der Waals surface area contributed by atoms with Gasteiger partial charge in [-0.25, -0.2) is 14.2 Å². The minimum Gasteiger partial charge on any atom is -0.340 e. The highest BCUT2D eigenvalue weighted by molar-refractivity contribution is 6.32. The van der Waals surface area contributed by atoms with Gasteiger partial charge in [0.15, 0.2) is 0 Å². The summed E-state index contributed by atoms with van der Waals surface area (Å²) in [5.74, 6) is 0.732. The Morgan fingerprint density at radius 2 is 2.21 bits per heavy atom. The summed E-state index contributed by atoms with van der Waals surface area (Å²) >= 11 is 6.30. The number of halogens is 2. The number of benzene rings is 1. The molecule has 2 N–H and O–H groups in total. The lowest BCUT2D eigenvalue weighted by Gasteiger charge is -2.34. The van der Waals surface area contributed by atoms with E-state index in [-0.39, 0.29) is 0 Å². The summed E-state index contributed by atoms with van der Waals surface area (Å²) in [5.41, 5.74) is 9.94. The number of anilines is 1. The number of imidazole rings is 1. The molecule has 2 atom stereocenters. The second-order valence-corrected chi connectivity index (χ2v) is 7.53. The minimum atomic E-state index is -0.992. The topological polar surface area (TPSA) is 64.3 Å². The van der Waals surface area contributed by atoms with Crippen LogP contribution in [0.5, 0.6) is 0 Å². The molecule has 6 nitrogen and oxygen atoms in total. The Balaban J connectivity index is 1.79. The standard InChI is InChI=1S/C20H20ClFN6/c1-12-7-19-18(8-15(12)21)26-20(27-6-5-16(22)17(23)11-27)28(19)10-14-4-3-13(24-2)9-25-14/h3-4,7-9,16-17H,5-6,10-11,23H2,1H3/t16-,17-/m1/s1. The molecule has 0 unspecified atom stereocenters. The monoisotopic (exact) mass is 398 g/mol. The van der Waals surface area contributed by atoms with Crippen molar-refractivity contribution in [2.24, 2.45) is 5.73 Å². The van der Waals surface area contributed by atoms with Crippen LogP contribution in [0, 0.1) is 13.5 Å². The second-order valence-electron chi connectivity index (χ2n) is 7.12. The van der Waals surface area contributed by atoms with Crippen molar-refractivity contribution < 1.29 is 4.39 Å². The zero-order chi connectivity index (χ0) is 19.8. The molecule has 2 aromatic heterocycles. The van der Waals surface area contributed by atoms with Gasteiger partial charge in [0, 0.05) is 24.3 Å². The number of piperidine rings is 1. The van der Waals surface area contributed by atoms with Gasteiger partial charge in [0.05, 0.1) is 35.9 Å². The first-order valence-corrected chi connectivity index (χ1v) is 9.47. The Hall–Kier alpha value is -2.69. The van der Waals surface area contributed by atoms with Gasteiger partial charge in [0.25, 0.3) is 0 Å². The maximum atomic E-state index is 13.9. The molecule has 28 heavy (non-hydrogen) atoms. The number of alkyl halides is 1. The molecule has 1 saturated heterocycles. The summed E-state index contributed by atoms with van der Waals surface area (Å²) in [6.07, 6.45) is 0.948. The molecule has 1 aliphatic heterocycles. The first-order valence-electron chi connectivity index (χ1n) is 9.09. The zero-order valence-electron chi connectivity index (χ0n) is 15.4. The molecule has 1 fully saturated rings. The Kier molecular flexibility index (Phi) is 4.92. The Morgan fingerprint density at radius 3 is 2.89 bits per heavy atom. The van der Waals surface area contributed by atoms with Crippen molar-refractivity contribution >= 4 is 34.3 Å². The predicted molar refractivity (Wildman–Crippen MR) is 109 cm³/mol. The molecule has 3 aromatic rings. The number of hydrogen-bond acceptors (Lipinski definition) is 4. The molecule has 8 heteroatoms. The average Bonchev–Trinajstić information content (AvgIpc) is 3.02. The Labute approximate surface area is 167 Å². The average molecular weight is 399 g/mol. The maximum Gasteiger partial charge on any atom is 0.206 e. The molecule has 144 valence electrons. The van der Waals surface area contributed by atoms with Crippen LogP contribution in [0.3, 0.4) is 0 Å². The second kappa shape index (κ2) is 7.38. The van der Waals surface area contributed by atoms with Crippen LogP contribution in [0.4, 0.5) is 16.0 Å². The van der Waals surface area contributed by atoms with Crippen molar-refractivity contribution in [3.63, 3.8) is 0 Å². The number of aromatic nitrogens is 3. The van der Waals surface area contributed by atoms with Crippen LogP contribution >= 0.6 is 11.6 Å². The number of rotatable bonds is 3. The molecule has 4 rings (SSSR count). The van der Waals surface area contributed by atoms with Crippen LogP contribution in [0.2, 0.25) is 5.02 Å². The van der Waals surface area contributed by atoms with Gasteiger partial charge in [-0.2, -0.15) is 0 Å². The normalized spacial score (nSPS) is 19.8. The first kappa shape index (κ1) is 18.7. The van der Waals surface area contributed by atoms with Gasteiger partial charge in [-0.05, 0) is 37.1 Å². The third-order valence-electron chi connectivity index (χ3n) is 5.12. The Morgan fingerprint density at radius 1 is 1.39 bits per heavy atom. The maximum absolute atomic E-state index is 13.9. The summed E-state index contributed by atoms with van der Waals surface area (Å²) in [6, 6.07) is 6.91. The van der Waals surface area contributed by atoms with Crippen LogP contribution in [-0.4, -0.2) is 39.8 Å². The van der Waals surface area contributed by atoms with E-state index in [1.54, 1.807) is 12.3 Å². The quantitative estimate of drug-likeness (QED) is 0.680. The molecule has 0 saturated carbocycles. The van der Waals surface area contributed by atoms with Gasteiger partial charge in [-0.15, -0.1) is 0 Å². The van der Waals surface area contributed by atoms with E-state index in [9.17, 15) is 4.39 Å². The van der Waals surface area contributed by atoms with E-state index in [0.29, 0.717) is 36.8 Å². The third-order valence-corrected chi connectivity index (χ3v) is 5.53. The predicted octanol–water partition coefficient (Wildman–Crippen LogP) is 3.87. The number of nitrogens with two attached hydrogens (primary N) is 1. The first-order chi connectivity index (χ1) is 13.5. The van der Waals surface area contributed by atoms with Crippen LogP contribution in [0.25, 0.3) is 15.9 Å². The van der Waals surface area contributed by atoms with E-state index in [1.165, 1.54) is 0 Å². The molecule has 0 amide bonds. The summed E-state index contributed by atoms with van der Waals surface area (Å²) in [5, 5.41) is 0.655. The van der Waals surface area contributed by atoms with Gasteiger partial charge < -0.3 is 15.2 Å². The van der Waals surface area contributed by atoms with Gasteiger partial charge in [-0.1, -0.05) is 17.7 Å². The number of fused-ring (bicyclic) bond motifs is 1. The third kappa shape index (κ3) is 3.41. The van der Waals surface area contributed by atoms with Gasteiger partial charge in [0.1, 0.15) is 6.17 Å². The zero-order valence-corrected chi connectivity index (χ0v) is 16.2. The molecule has 1 aromatic carbocycles. The van der Waals surface area contributed by atoms with E-state index in [2.05, 4.69) is 14.4 Å². The summed E-state index contributed by atoms with van der Waals surface area (Å²) in [4.78, 5) is 14.6. The number of hydrogen-bond donors (Lipinski definition) is 1. The van der Waals surface area contributed by atoms with Gasteiger partial charge >= 0.3 is 0 Å². The fourth-order valence-electron chi connectivity index (χ4n) is 3.51. The highest BCUT2D eigenvalue weighted by Crippen LogP contribution is 2.30. The van der Waals surface area contributed by atoms with Crippen LogP contribution in [0.15, 0.2) is 30.5 Å². The van der Waals surface area contributed by atoms with Crippen molar-refractivity contribution in [1.82, 2.24) is 14.5 Å². The van der Waals surface area contributed by atoms with E-state index in [0.717, 1.165) is 28.2 Å². The lowest BCUT2D eigenvalue weighted by atomic mass is 10.1. The molecule has 0 bridgehead atoms. The largest absolute Gasteiger partial charge is 0.340 e. The van der Waals surface area contributed by atoms with Crippen LogP contribution < -0.4 is 10.6 Å². The fraction of sp³-hybridized carbons (Fsp3) is 0.350. The number of nitrogens with zero attached hydrogens (tertiary/aromatic N) is 5. The molecule has 0 radical (unpaired) electrons. The van der Waals surface area contributed by atoms with Crippen molar-refractivity contribution in [3.05, 3.63) is 58.2 Å². The van der Waals surface area contributed by atoms with Crippen LogP contribution in [0.1, 0.15) is 17.7 Å². The lowest BCUT2D eigenvalue weighted by molar-refractivity contribution is 0.243. The SMILES string of the molecule is [C-]#[N+]c1ccc(Cn2c(N3CC[C@@H](F)[C@H](N)C3)nc3cc(Cl)c(C)cc32)nc1. The van der Waals surface area contributed by atoms with E-state index < -0.39 is 12.2 Å². The molecule has 0 aliphatic carbocycles.